The summed E-state index contributed by atoms with van der Waals surface area (Å²) in [5.74, 6) is -0.193. The van der Waals surface area contributed by atoms with E-state index in [1.54, 1.807) is 19.2 Å². The normalized spacial score (nSPS) is 10.2. The number of amides is 1. The minimum absolute atomic E-state index is 0.262. The largest absolute Gasteiger partial charge is 0.495 e. The average molecular weight is 338 g/mol. The molecule has 20 heavy (non-hydrogen) atoms. The molecule has 0 N–H and O–H groups in total. The molecule has 5 heteroatoms. The summed E-state index contributed by atoms with van der Waals surface area (Å²) in [7, 11) is 3.16. The van der Waals surface area contributed by atoms with Crippen LogP contribution in [-0.4, -0.2) is 20.1 Å². The third-order valence-corrected chi connectivity index (χ3v) is 3.60. The van der Waals surface area contributed by atoms with E-state index >= 15 is 0 Å². The van der Waals surface area contributed by atoms with Gasteiger partial charge in [-0.25, -0.2) is 4.39 Å². The zero-order valence-corrected chi connectivity index (χ0v) is 12.6. The summed E-state index contributed by atoms with van der Waals surface area (Å²) in [6, 6.07) is 11.2. The molecule has 0 aliphatic rings. The van der Waals surface area contributed by atoms with Crippen molar-refractivity contribution < 1.29 is 13.9 Å². The summed E-state index contributed by atoms with van der Waals surface area (Å²) >= 11 is 3.26. The maximum absolute atomic E-state index is 13.3. The third kappa shape index (κ3) is 2.82. The van der Waals surface area contributed by atoms with Crippen molar-refractivity contribution in [3.63, 3.8) is 0 Å². The highest BCUT2D eigenvalue weighted by Gasteiger charge is 2.19. The van der Waals surface area contributed by atoms with Gasteiger partial charge >= 0.3 is 0 Å². The van der Waals surface area contributed by atoms with Crippen LogP contribution in [0.1, 0.15) is 10.4 Å². The molecule has 0 aliphatic heterocycles. The number of carbonyl (C=O) groups excluding carboxylic acids is 1. The molecule has 0 radical (unpaired) electrons. The van der Waals surface area contributed by atoms with Crippen LogP contribution >= 0.6 is 15.9 Å². The predicted molar refractivity (Wildman–Crippen MR) is 79.8 cm³/mol. The topological polar surface area (TPSA) is 29.5 Å². The Morgan fingerprint density at radius 2 is 1.95 bits per heavy atom. The summed E-state index contributed by atoms with van der Waals surface area (Å²) in [6.45, 7) is 0. The van der Waals surface area contributed by atoms with Crippen LogP contribution in [0.3, 0.4) is 0 Å². The van der Waals surface area contributed by atoms with Gasteiger partial charge in [0.1, 0.15) is 11.6 Å². The van der Waals surface area contributed by atoms with Gasteiger partial charge in [0.05, 0.1) is 18.4 Å². The van der Waals surface area contributed by atoms with Crippen LogP contribution in [0.2, 0.25) is 0 Å². The number of halogens is 2. The Hall–Kier alpha value is -1.88. The van der Waals surface area contributed by atoms with Crippen molar-refractivity contribution in [1.82, 2.24) is 0 Å². The van der Waals surface area contributed by atoms with Crippen LogP contribution in [0.25, 0.3) is 0 Å². The van der Waals surface area contributed by atoms with E-state index in [4.69, 9.17) is 4.74 Å². The van der Waals surface area contributed by atoms with E-state index in [9.17, 15) is 9.18 Å². The quantitative estimate of drug-likeness (QED) is 0.850. The van der Waals surface area contributed by atoms with Gasteiger partial charge in [0.2, 0.25) is 0 Å². The average Bonchev–Trinajstić information content (AvgIpc) is 2.48. The maximum atomic E-state index is 13.3. The SMILES string of the molecule is COc1ccccc1N(C)C(=O)c1cc(F)ccc1Br. The molecule has 3 nitrogen and oxygen atoms in total. The molecule has 0 heterocycles. The van der Waals surface area contributed by atoms with Gasteiger partial charge in [0.15, 0.2) is 0 Å². The molecular formula is C15H13BrFNO2. The Balaban J connectivity index is 2.40. The second-order valence-electron chi connectivity index (χ2n) is 4.16. The lowest BCUT2D eigenvalue weighted by molar-refractivity contribution is 0.0991. The molecule has 0 saturated carbocycles. The number of methoxy groups -OCH3 is 1. The fourth-order valence-corrected chi connectivity index (χ4v) is 2.27. The number of hydrogen-bond donors (Lipinski definition) is 0. The predicted octanol–water partition coefficient (Wildman–Crippen LogP) is 3.87. The van der Waals surface area contributed by atoms with Crippen molar-refractivity contribution in [3.8, 4) is 5.75 Å². The summed E-state index contributed by atoms with van der Waals surface area (Å²) < 4.78 is 19.1. The first kappa shape index (κ1) is 14.5. The van der Waals surface area contributed by atoms with Crippen molar-refractivity contribution in [2.24, 2.45) is 0 Å². The molecular weight excluding hydrogens is 325 g/mol. The van der Waals surface area contributed by atoms with Crippen molar-refractivity contribution >= 4 is 27.5 Å². The molecule has 104 valence electrons. The number of carbonyl (C=O) groups is 1. The molecule has 2 rings (SSSR count). The third-order valence-electron chi connectivity index (χ3n) is 2.91. The fourth-order valence-electron chi connectivity index (χ4n) is 1.86. The molecule has 0 aromatic heterocycles. The highest BCUT2D eigenvalue weighted by Crippen LogP contribution is 2.29. The van der Waals surface area contributed by atoms with Gasteiger partial charge in [-0.1, -0.05) is 12.1 Å². The number of anilines is 1. The first-order chi connectivity index (χ1) is 9.54. The van der Waals surface area contributed by atoms with Crippen LogP contribution in [0.4, 0.5) is 10.1 Å². The zero-order valence-electron chi connectivity index (χ0n) is 11.1. The number of benzene rings is 2. The van der Waals surface area contributed by atoms with Gasteiger partial charge in [0, 0.05) is 11.5 Å². The van der Waals surface area contributed by atoms with E-state index in [2.05, 4.69) is 15.9 Å². The van der Waals surface area contributed by atoms with Gasteiger partial charge in [-0.05, 0) is 46.3 Å². The highest BCUT2D eigenvalue weighted by molar-refractivity contribution is 9.10. The number of rotatable bonds is 3. The molecule has 2 aromatic rings. The molecule has 0 spiro atoms. The molecule has 0 atom stereocenters. The Labute approximate surface area is 125 Å². The molecule has 0 aliphatic carbocycles. The number of nitrogens with zero attached hydrogens (tertiary/aromatic N) is 1. The summed E-state index contributed by atoms with van der Waals surface area (Å²) in [5, 5.41) is 0. The second kappa shape index (κ2) is 6.05. The van der Waals surface area contributed by atoms with Gasteiger partial charge in [0.25, 0.3) is 5.91 Å². The smallest absolute Gasteiger partial charge is 0.259 e. The minimum Gasteiger partial charge on any atom is -0.495 e. The zero-order chi connectivity index (χ0) is 14.7. The molecule has 1 amide bonds. The van der Waals surface area contributed by atoms with E-state index in [0.717, 1.165) is 0 Å². The van der Waals surface area contributed by atoms with E-state index < -0.39 is 5.82 Å². The Morgan fingerprint density at radius 1 is 1.25 bits per heavy atom. The van der Waals surface area contributed by atoms with Crippen molar-refractivity contribution in [2.45, 2.75) is 0 Å². The van der Waals surface area contributed by atoms with Gasteiger partial charge < -0.3 is 9.64 Å². The van der Waals surface area contributed by atoms with Crippen molar-refractivity contribution in [3.05, 3.63) is 58.3 Å². The first-order valence-corrected chi connectivity index (χ1v) is 6.70. The Bertz CT molecular complexity index is 646. The van der Waals surface area contributed by atoms with Crippen LogP contribution in [0.15, 0.2) is 46.9 Å². The fraction of sp³-hybridized carbons (Fsp3) is 0.133. The molecule has 0 saturated heterocycles. The lowest BCUT2D eigenvalue weighted by Crippen LogP contribution is -2.27. The van der Waals surface area contributed by atoms with Crippen LogP contribution < -0.4 is 9.64 Å². The van der Waals surface area contributed by atoms with Crippen molar-refractivity contribution in [1.29, 1.82) is 0 Å². The molecule has 2 aromatic carbocycles. The van der Waals surface area contributed by atoms with E-state index in [-0.39, 0.29) is 11.5 Å². The first-order valence-electron chi connectivity index (χ1n) is 5.90. The Kier molecular flexibility index (Phi) is 4.39. The standard InChI is InChI=1S/C15H13BrFNO2/c1-18(13-5-3-4-6-14(13)20-2)15(19)11-9-10(17)7-8-12(11)16/h3-9H,1-2H3. The van der Waals surface area contributed by atoms with Crippen molar-refractivity contribution in [2.75, 3.05) is 19.1 Å². The maximum Gasteiger partial charge on any atom is 0.259 e. The summed E-state index contributed by atoms with van der Waals surface area (Å²) in [6.07, 6.45) is 0. The van der Waals surface area contributed by atoms with Crippen LogP contribution in [-0.2, 0) is 0 Å². The van der Waals surface area contributed by atoms with E-state index in [1.807, 2.05) is 12.1 Å². The highest BCUT2D eigenvalue weighted by atomic mass is 79.9. The summed E-state index contributed by atoms with van der Waals surface area (Å²) in [4.78, 5) is 13.9. The second-order valence-corrected chi connectivity index (χ2v) is 5.01. The van der Waals surface area contributed by atoms with Gasteiger partial charge in [-0.3, -0.25) is 4.79 Å². The van der Waals surface area contributed by atoms with Gasteiger partial charge in [-0.15, -0.1) is 0 Å². The molecule has 0 bridgehead atoms. The number of hydrogen-bond acceptors (Lipinski definition) is 2. The lowest BCUT2D eigenvalue weighted by atomic mass is 10.1. The monoisotopic (exact) mass is 337 g/mol. The number of para-hydroxylation sites is 2. The van der Waals surface area contributed by atoms with Crippen LogP contribution in [0, 0.1) is 5.82 Å². The van der Waals surface area contributed by atoms with E-state index in [0.29, 0.717) is 15.9 Å². The molecule has 0 fully saturated rings. The van der Waals surface area contributed by atoms with Crippen LogP contribution in [0.5, 0.6) is 5.75 Å². The lowest BCUT2D eigenvalue weighted by Gasteiger charge is -2.20. The number of ether oxygens (including phenoxy) is 1. The van der Waals surface area contributed by atoms with Gasteiger partial charge in [-0.2, -0.15) is 0 Å². The van der Waals surface area contributed by atoms with E-state index in [1.165, 1.54) is 30.2 Å². The molecule has 0 unspecified atom stereocenters. The minimum atomic E-state index is -0.454. The Morgan fingerprint density at radius 3 is 2.65 bits per heavy atom. The summed E-state index contributed by atoms with van der Waals surface area (Å²) in [5.41, 5.74) is 0.884.